The standard InChI is InChI=1S/C22H18N4O2S/c1-15-13-20(26-28-15)23-21(27)14-29-22-12-11-19(24-25-22)18-9-7-17(8-10-18)16-5-3-2-4-6-16/h2-13H,14H2,1H3,(H,23,26,27). The molecule has 29 heavy (non-hydrogen) atoms. The van der Waals surface area contributed by atoms with Crippen molar-refractivity contribution in [3.63, 3.8) is 0 Å². The zero-order chi connectivity index (χ0) is 20.1. The minimum absolute atomic E-state index is 0.175. The van der Waals surface area contributed by atoms with E-state index in [9.17, 15) is 4.79 Å². The number of nitrogens with zero attached hydrogens (tertiary/aromatic N) is 3. The van der Waals surface area contributed by atoms with E-state index in [2.05, 4.69) is 44.9 Å². The van der Waals surface area contributed by atoms with Crippen LogP contribution in [0.4, 0.5) is 5.82 Å². The van der Waals surface area contributed by atoms with Crippen molar-refractivity contribution < 1.29 is 9.32 Å². The fourth-order valence-electron chi connectivity index (χ4n) is 2.76. The molecular formula is C22H18N4O2S. The highest BCUT2D eigenvalue weighted by Crippen LogP contribution is 2.24. The summed E-state index contributed by atoms with van der Waals surface area (Å²) in [5, 5.41) is 15.6. The van der Waals surface area contributed by atoms with E-state index in [0.717, 1.165) is 16.8 Å². The summed E-state index contributed by atoms with van der Waals surface area (Å²) in [4.78, 5) is 12.0. The van der Waals surface area contributed by atoms with Crippen molar-refractivity contribution in [3.05, 3.63) is 78.6 Å². The lowest BCUT2D eigenvalue weighted by Gasteiger charge is -2.05. The number of thioether (sulfide) groups is 1. The van der Waals surface area contributed by atoms with Crippen molar-refractivity contribution in [2.45, 2.75) is 11.9 Å². The van der Waals surface area contributed by atoms with E-state index in [-0.39, 0.29) is 11.7 Å². The first kappa shape index (κ1) is 18.9. The van der Waals surface area contributed by atoms with Gasteiger partial charge in [-0.3, -0.25) is 4.79 Å². The number of anilines is 1. The maximum Gasteiger partial charge on any atom is 0.236 e. The molecule has 6 nitrogen and oxygen atoms in total. The van der Waals surface area contributed by atoms with Crippen LogP contribution in [0.15, 0.2) is 82.3 Å². The molecule has 1 N–H and O–H groups in total. The van der Waals surface area contributed by atoms with Crippen LogP contribution in [-0.4, -0.2) is 27.0 Å². The second-order valence-corrected chi connectivity index (χ2v) is 7.36. The number of aryl methyl sites for hydroxylation is 1. The van der Waals surface area contributed by atoms with Gasteiger partial charge in [-0.25, -0.2) is 0 Å². The number of carbonyl (C=O) groups is 1. The van der Waals surface area contributed by atoms with Gasteiger partial charge in [-0.05, 0) is 30.2 Å². The van der Waals surface area contributed by atoms with Crippen LogP contribution in [0.3, 0.4) is 0 Å². The first-order chi connectivity index (χ1) is 14.2. The van der Waals surface area contributed by atoms with Gasteiger partial charge in [0, 0.05) is 11.6 Å². The Morgan fingerprint density at radius 2 is 1.66 bits per heavy atom. The third kappa shape index (κ3) is 4.89. The van der Waals surface area contributed by atoms with Crippen LogP contribution in [0.1, 0.15) is 5.76 Å². The van der Waals surface area contributed by atoms with Crippen molar-refractivity contribution in [3.8, 4) is 22.4 Å². The zero-order valence-electron chi connectivity index (χ0n) is 15.7. The molecule has 2 heterocycles. The minimum atomic E-state index is -0.175. The molecule has 0 saturated heterocycles. The second-order valence-electron chi connectivity index (χ2n) is 6.36. The minimum Gasteiger partial charge on any atom is -0.360 e. The first-order valence-electron chi connectivity index (χ1n) is 9.03. The van der Waals surface area contributed by atoms with Gasteiger partial charge in [-0.2, -0.15) is 0 Å². The van der Waals surface area contributed by atoms with Gasteiger partial charge in [0.25, 0.3) is 0 Å². The summed E-state index contributed by atoms with van der Waals surface area (Å²) in [6.45, 7) is 1.77. The number of carbonyl (C=O) groups excluding carboxylic acids is 1. The largest absolute Gasteiger partial charge is 0.360 e. The molecule has 0 spiro atoms. The normalized spacial score (nSPS) is 10.7. The molecule has 0 aliphatic rings. The van der Waals surface area contributed by atoms with Gasteiger partial charge in [0.2, 0.25) is 5.91 Å². The van der Waals surface area contributed by atoms with Crippen molar-refractivity contribution in [2.75, 3.05) is 11.1 Å². The molecule has 0 fully saturated rings. The van der Waals surface area contributed by atoms with Crippen LogP contribution in [-0.2, 0) is 4.79 Å². The SMILES string of the molecule is Cc1cc(NC(=O)CSc2ccc(-c3ccc(-c4ccccc4)cc3)nn2)no1. The molecule has 0 atom stereocenters. The average Bonchev–Trinajstić information content (AvgIpc) is 3.18. The van der Waals surface area contributed by atoms with Gasteiger partial charge in [-0.1, -0.05) is 71.5 Å². The van der Waals surface area contributed by atoms with Crippen LogP contribution in [0, 0.1) is 6.92 Å². The number of nitrogens with one attached hydrogen (secondary N) is 1. The third-order valence-electron chi connectivity index (χ3n) is 4.17. The average molecular weight is 402 g/mol. The van der Waals surface area contributed by atoms with E-state index < -0.39 is 0 Å². The summed E-state index contributed by atoms with van der Waals surface area (Å²) in [7, 11) is 0. The molecule has 0 bridgehead atoms. The molecule has 2 aromatic carbocycles. The number of aromatic nitrogens is 3. The van der Waals surface area contributed by atoms with Crippen LogP contribution in [0.25, 0.3) is 22.4 Å². The summed E-state index contributed by atoms with van der Waals surface area (Å²) >= 11 is 1.31. The number of rotatable bonds is 6. The quantitative estimate of drug-likeness (QED) is 0.465. The summed E-state index contributed by atoms with van der Waals surface area (Å²) in [6.07, 6.45) is 0. The number of benzene rings is 2. The van der Waals surface area contributed by atoms with Gasteiger partial charge < -0.3 is 9.84 Å². The molecule has 144 valence electrons. The Morgan fingerprint density at radius 3 is 2.31 bits per heavy atom. The molecule has 4 aromatic rings. The highest BCUT2D eigenvalue weighted by molar-refractivity contribution is 7.99. The van der Waals surface area contributed by atoms with Crippen LogP contribution < -0.4 is 5.32 Å². The monoisotopic (exact) mass is 402 g/mol. The Morgan fingerprint density at radius 1 is 0.931 bits per heavy atom. The number of hydrogen-bond acceptors (Lipinski definition) is 6. The number of amides is 1. The van der Waals surface area contributed by atoms with E-state index >= 15 is 0 Å². The molecule has 0 aliphatic heterocycles. The van der Waals surface area contributed by atoms with Gasteiger partial charge in [0.1, 0.15) is 10.8 Å². The lowest BCUT2D eigenvalue weighted by atomic mass is 10.0. The van der Waals surface area contributed by atoms with Crippen LogP contribution >= 0.6 is 11.8 Å². The fraction of sp³-hybridized carbons (Fsp3) is 0.0909. The maximum absolute atomic E-state index is 12.0. The first-order valence-corrected chi connectivity index (χ1v) is 10.0. The van der Waals surface area contributed by atoms with E-state index in [0.29, 0.717) is 16.6 Å². The molecule has 0 aliphatic carbocycles. The predicted molar refractivity (Wildman–Crippen MR) is 113 cm³/mol. The summed E-state index contributed by atoms with van der Waals surface area (Å²) in [5.74, 6) is 1.09. The van der Waals surface area contributed by atoms with E-state index in [1.54, 1.807) is 13.0 Å². The van der Waals surface area contributed by atoms with Crippen LogP contribution in [0.5, 0.6) is 0 Å². The Labute approximate surface area is 172 Å². The van der Waals surface area contributed by atoms with E-state index in [1.807, 2.05) is 42.5 Å². The molecule has 0 unspecified atom stereocenters. The summed E-state index contributed by atoms with van der Waals surface area (Å²) in [5.41, 5.74) is 4.11. The van der Waals surface area contributed by atoms with E-state index in [4.69, 9.17) is 4.52 Å². The smallest absolute Gasteiger partial charge is 0.236 e. The highest BCUT2D eigenvalue weighted by Gasteiger charge is 2.08. The highest BCUT2D eigenvalue weighted by atomic mass is 32.2. The molecule has 0 saturated carbocycles. The van der Waals surface area contributed by atoms with Gasteiger partial charge >= 0.3 is 0 Å². The fourth-order valence-corrected chi connectivity index (χ4v) is 3.37. The Hall–Kier alpha value is -3.45. The Balaban J connectivity index is 1.35. The lowest BCUT2D eigenvalue weighted by Crippen LogP contribution is -2.14. The molecule has 7 heteroatoms. The molecule has 0 radical (unpaired) electrons. The predicted octanol–water partition coefficient (Wildman–Crippen LogP) is 4.84. The topological polar surface area (TPSA) is 80.9 Å². The Kier molecular flexibility index (Phi) is 5.67. The third-order valence-corrected chi connectivity index (χ3v) is 5.09. The number of hydrogen-bond donors (Lipinski definition) is 1. The maximum atomic E-state index is 12.0. The molecule has 2 aromatic heterocycles. The summed E-state index contributed by atoms with van der Waals surface area (Å²) in [6, 6.07) is 23.9. The molecule has 1 amide bonds. The molecule has 4 rings (SSSR count). The van der Waals surface area contributed by atoms with E-state index in [1.165, 1.54) is 17.3 Å². The van der Waals surface area contributed by atoms with Crippen molar-refractivity contribution >= 4 is 23.5 Å². The Bertz CT molecular complexity index is 1090. The van der Waals surface area contributed by atoms with Crippen molar-refractivity contribution in [2.24, 2.45) is 0 Å². The second kappa shape index (κ2) is 8.70. The molecular weight excluding hydrogens is 384 g/mol. The van der Waals surface area contributed by atoms with Crippen molar-refractivity contribution in [1.29, 1.82) is 0 Å². The van der Waals surface area contributed by atoms with Gasteiger partial charge in [0.15, 0.2) is 5.82 Å². The lowest BCUT2D eigenvalue weighted by molar-refractivity contribution is -0.113. The van der Waals surface area contributed by atoms with Crippen molar-refractivity contribution in [1.82, 2.24) is 15.4 Å². The summed E-state index contributed by atoms with van der Waals surface area (Å²) < 4.78 is 4.92. The zero-order valence-corrected chi connectivity index (χ0v) is 16.5. The van der Waals surface area contributed by atoms with Crippen LogP contribution in [0.2, 0.25) is 0 Å². The van der Waals surface area contributed by atoms with Gasteiger partial charge in [0.05, 0.1) is 11.4 Å². The van der Waals surface area contributed by atoms with Gasteiger partial charge in [-0.15, -0.1) is 10.2 Å².